The van der Waals surface area contributed by atoms with E-state index in [1.165, 1.54) is 33.5 Å². The van der Waals surface area contributed by atoms with E-state index in [4.69, 9.17) is 18.9 Å². The van der Waals surface area contributed by atoms with Gasteiger partial charge in [0.15, 0.2) is 18.1 Å². The summed E-state index contributed by atoms with van der Waals surface area (Å²) in [6, 6.07) is 11.2. The van der Waals surface area contributed by atoms with Crippen LogP contribution in [0.15, 0.2) is 42.5 Å². The molecule has 1 heterocycles. The zero-order chi connectivity index (χ0) is 24.7. The van der Waals surface area contributed by atoms with Crippen molar-refractivity contribution < 1.29 is 38.1 Å². The fourth-order valence-electron chi connectivity index (χ4n) is 3.26. The first-order valence-electron chi connectivity index (χ1n) is 10.3. The molecule has 0 unspecified atom stereocenters. The Balaban J connectivity index is 1.49. The highest BCUT2D eigenvalue weighted by molar-refractivity contribution is 5.97. The molecule has 0 bridgehead atoms. The maximum absolute atomic E-state index is 12.5. The summed E-state index contributed by atoms with van der Waals surface area (Å²) in [5, 5.41) is 3.65. The number of esters is 1. The number of ether oxygens (including phenoxy) is 4. The monoisotopic (exact) mass is 471 g/mol. The van der Waals surface area contributed by atoms with Crippen LogP contribution < -0.4 is 25.0 Å². The van der Waals surface area contributed by atoms with Crippen molar-refractivity contribution in [1.82, 2.24) is 10.4 Å². The summed E-state index contributed by atoms with van der Waals surface area (Å²) in [4.78, 5) is 49.2. The molecule has 34 heavy (non-hydrogen) atoms. The number of hydrogen-bond acceptors (Lipinski definition) is 8. The van der Waals surface area contributed by atoms with Gasteiger partial charge in [0.05, 0.1) is 33.8 Å². The van der Waals surface area contributed by atoms with E-state index in [2.05, 4.69) is 10.7 Å². The molecule has 11 heteroatoms. The van der Waals surface area contributed by atoms with E-state index >= 15 is 0 Å². The Hall–Kier alpha value is -4.28. The highest BCUT2D eigenvalue weighted by Gasteiger charge is 2.36. The topological polar surface area (TPSA) is 132 Å². The molecule has 0 spiro atoms. The van der Waals surface area contributed by atoms with Crippen LogP contribution in [0.25, 0.3) is 0 Å². The van der Waals surface area contributed by atoms with Crippen LogP contribution in [0.5, 0.6) is 17.2 Å². The van der Waals surface area contributed by atoms with Crippen molar-refractivity contribution >= 4 is 29.4 Å². The molecule has 2 N–H and O–H groups in total. The van der Waals surface area contributed by atoms with Crippen molar-refractivity contribution in [3.8, 4) is 17.2 Å². The maximum Gasteiger partial charge on any atom is 0.311 e. The third-order valence-corrected chi connectivity index (χ3v) is 5.06. The number of benzene rings is 2. The Morgan fingerprint density at radius 3 is 2.32 bits per heavy atom. The molecule has 3 rings (SSSR count). The van der Waals surface area contributed by atoms with Crippen molar-refractivity contribution in [3.63, 3.8) is 0 Å². The van der Waals surface area contributed by atoms with Crippen LogP contribution in [0.2, 0.25) is 0 Å². The van der Waals surface area contributed by atoms with Gasteiger partial charge in [-0.2, -0.15) is 0 Å². The van der Waals surface area contributed by atoms with Gasteiger partial charge in [-0.05, 0) is 42.5 Å². The molecule has 1 saturated heterocycles. The summed E-state index contributed by atoms with van der Waals surface area (Å²) in [6.07, 6.45) is -0.148. The number of nitrogens with zero attached hydrogens (tertiary/aromatic N) is 1. The highest BCUT2D eigenvalue weighted by atomic mass is 16.5. The van der Waals surface area contributed by atoms with Gasteiger partial charge in [0.1, 0.15) is 5.75 Å². The Labute approximate surface area is 195 Å². The number of anilines is 1. The summed E-state index contributed by atoms with van der Waals surface area (Å²) < 4.78 is 20.4. The van der Waals surface area contributed by atoms with Gasteiger partial charge < -0.3 is 24.3 Å². The van der Waals surface area contributed by atoms with Gasteiger partial charge in [-0.25, -0.2) is 0 Å². The van der Waals surface area contributed by atoms with E-state index in [0.29, 0.717) is 22.9 Å². The molecule has 11 nitrogen and oxygen atoms in total. The number of hydrogen-bond donors (Lipinski definition) is 2. The lowest BCUT2D eigenvalue weighted by atomic mass is 10.1. The lowest BCUT2D eigenvalue weighted by Crippen LogP contribution is -2.43. The Morgan fingerprint density at radius 1 is 0.971 bits per heavy atom. The molecule has 1 aliphatic rings. The first kappa shape index (κ1) is 24.4. The minimum Gasteiger partial charge on any atom is -0.497 e. The summed E-state index contributed by atoms with van der Waals surface area (Å²) in [5.41, 5.74) is 3.23. The highest BCUT2D eigenvalue weighted by Crippen LogP contribution is 2.27. The van der Waals surface area contributed by atoms with Crippen molar-refractivity contribution in [2.75, 3.05) is 39.8 Å². The van der Waals surface area contributed by atoms with E-state index in [0.717, 1.165) is 5.01 Å². The molecular weight excluding hydrogens is 446 g/mol. The van der Waals surface area contributed by atoms with Crippen molar-refractivity contribution in [2.45, 2.75) is 6.42 Å². The molecule has 2 aromatic rings. The van der Waals surface area contributed by atoms with Gasteiger partial charge in [0.25, 0.3) is 11.8 Å². The third-order valence-electron chi connectivity index (χ3n) is 5.06. The normalized spacial score (nSPS) is 14.9. The minimum absolute atomic E-state index is 0.0726. The molecule has 0 saturated carbocycles. The molecule has 1 aliphatic heterocycles. The summed E-state index contributed by atoms with van der Waals surface area (Å²) in [6.45, 7) is -0.579. The Morgan fingerprint density at radius 2 is 1.68 bits per heavy atom. The second-order valence-corrected chi connectivity index (χ2v) is 7.30. The number of nitrogens with one attached hydrogen (secondary N) is 2. The van der Waals surface area contributed by atoms with Gasteiger partial charge in [-0.1, -0.05) is 0 Å². The van der Waals surface area contributed by atoms with E-state index in [9.17, 15) is 19.2 Å². The zero-order valence-corrected chi connectivity index (χ0v) is 19.0. The minimum atomic E-state index is -0.813. The molecule has 180 valence electrons. The van der Waals surface area contributed by atoms with Crippen LogP contribution in [0.4, 0.5) is 5.69 Å². The average Bonchev–Trinajstić information content (AvgIpc) is 3.22. The lowest BCUT2D eigenvalue weighted by Gasteiger charge is -2.18. The van der Waals surface area contributed by atoms with Gasteiger partial charge in [-0.15, -0.1) is 0 Å². The van der Waals surface area contributed by atoms with Crippen LogP contribution in [-0.2, 0) is 19.1 Å². The van der Waals surface area contributed by atoms with Gasteiger partial charge in [-0.3, -0.25) is 29.6 Å². The molecule has 3 amide bonds. The molecule has 0 aromatic heterocycles. The number of methoxy groups -OCH3 is 3. The Bertz CT molecular complexity index is 1070. The first-order chi connectivity index (χ1) is 16.3. The second kappa shape index (κ2) is 11.0. The van der Waals surface area contributed by atoms with Crippen molar-refractivity contribution in [3.05, 3.63) is 48.0 Å². The number of hydrazine groups is 1. The fourth-order valence-corrected chi connectivity index (χ4v) is 3.26. The predicted molar refractivity (Wildman–Crippen MR) is 119 cm³/mol. The SMILES string of the molecule is COc1ccc(NC(=O)COC(=O)[C@@H]2CC(=O)N(NC(=O)c3ccc(OC)c(OC)c3)C2)cc1. The first-order valence-corrected chi connectivity index (χ1v) is 10.3. The summed E-state index contributed by atoms with van der Waals surface area (Å²) >= 11 is 0. The maximum atomic E-state index is 12.5. The molecule has 0 aliphatic carbocycles. The number of carbonyl (C=O) groups excluding carboxylic acids is 4. The molecule has 0 radical (unpaired) electrons. The van der Waals surface area contributed by atoms with E-state index in [-0.39, 0.29) is 18.5 Å². The van der Waals surface area contributed by atoms with Gasteiger partial charge in [0.2, 0.25) is 5.91 Å². The quantitative estimate of drug-likeness (QED) is 0.525. The van der Waals surface area contributed by atoms with Crippen LogP contribution >= 0.6 is 0 Å². The average molecular weight is 471 g/mol. The summed E-state index contributed by atoms with van der Waals surface area (Å²) in [5.74, 6) is -1.60. The molecule has 2 aromatic carbocycles. The molecule has 1 atom stereocenters. The summed E-state index contributed by atoms with van der Waals surface area (Å²) in [7, 11) is 4.45. The van der Waals surface area contributed by atoms with Crippen LogP contribution in [-0.4, -0.2) is 63.2 Å². The number of carbonyl (C=O) groups is 4. The van der Waals surface area contributed by atoms with Gasteiger partial charge in [0, 0.05) is 17.7 Å². The number of amides is 3. The van der Waals surface area contributed by atoms with Crippen molar-refractivity contribution in [1.29, 1.82) is 0 Å². The second-order valence-electron chi connectivity index (χ2n) is 7.30. The third kappa shape index (κ3) is 5.94. The fraction of sp³-hybridized carbons (Fsp3) is 0.304. The van der Waals surface area contributed by atoms with Crippen LogP contribution in [0.3, 0.4) is 0 Å². The van der Waals surface area contributed by atoms with E-state index in [1.807, 2.05) is 0 Å². The van der Waals surface area contributed by atoms with E-state index in [1.54, 1.807) is 30.3 Å². The standard InChI is InChI=1S/C23H25N3O8/c1-31-17-7-5-16(6-8-17)24-20(27)13-34-23(30)15-11-21(28)26(12-15)25-22(29)14-4-9-18(32-2)19(10-14)33-3/h4-10,15H,11-13H2,1-3H3,(H,24,27)(H,25,29)/t15-/m1/s1. The number of rotatable bonds is 9. The lowest BCUT2D eigenvalue weighted by molar-refractivity contribution is -0.151. The smallest absolute Gasteiger partial charge is 0.311 e. The van der Waals surface area contributed by atoms with Crippen molar-refractivity contribution in [2.24, 2.45) is 5.92 Å². The van der Waals surface area contributed by atoms with E-state index < -0.39 is 36.2 Å². The predicted octanol–water partition coefficient (Wildman–Crippen LogP) is 1.39. The van der Waals surface area contributed by atoms with Crippen LogP contribution in [0.1, 0.15) is 16.8 Å². The Kier molecular flexibility index (Phi) is 7.91. The molecule has 1 fully saturated rings. The largest absolute Gasteiger partial charge is 0.497 e. The van der Waals surface area contributed by atoms with Crippen LogP contribution in [0, 0.1) is 5.92 Å². The van der Waals surface area contributed by atoms with Gasteiger partial charge >= 0.3 is 5.97 Å². The molecular formula is C23H25N3O8. The zero-order valence-electron chi connectivity index (χ0n) is 19.0.